The van der Waals surface area contributed by atoms with Crippen molar-refractivity contribution in [1.82, 2.24) is 0 Å². The van der Waals surface area contributed by atoms with E-state index in [4.69, 9.17) is 11.1 Å². The Kier molecular flexibility index (Phi) is 3.88. The monoisotopic (exact) mass is 234 g/mol. The number of nitrogens with two attached hydrogens (primary N) is 1. The lowest BCUT2D eigenvalue weighted by molar-refractivity contribution is 0.623. The van der Waals surface area contributed by atoms with Crippen LogP contribution in [-0.4, -0.2) is 11.6 Å². The first-order valence-electron chi connectivity index (χ1n) is 5.83. The van der Waals surface area contributed by atoms with Crippen LogP contribution >= 0.6 is 11.8 Å². The van der Waals surface area contributed by atoms with Gasteiger partial charge in [0.15, 0.2) is 0 Å². The van der Waals surface area contributed by atoms with Crippen LogP contribution in [0.25, 0.3) is 0 Å². The average molecular weight is 234 g/mol. The molecule has 1 aromatic carbocycles. The van der Waals surface area contributed by atoms with Crippen molar-refractivity contribution >= 4 is 17.6 Å². The molecule has 2 rings (SSSR count). The molecule has 0 amide bonds. The Morgan fingerprint density at radius 2 is 1.88 bits per heavy atom. The Bertz CT molecular complexity index is 353. The van der Waals surface area contributed by atoms with Gasteiger partial charge in [0.1, 0.15) is 5.84 Å². The van der Waals surface area contributed by atoms with E-state index < -0.39 is 0 Å². The van der Waals surface area contributed by atoms with Gasteiger partial charge < -0.3 is 5.73 Å². The molecule has 0 saturated heterocycles. The lowest BCUT2D eigenvalue weighted by atomic mass is 10.1. The minimum atomic E-state index is 0.146. The Hall–Kier alpha value is -0.960. The minimum Gasteiger partial charge on any atom is -0.384 e. The van der Waals surface area contributed by atoms with E-state index in [0.717, 1.165) is 11.5 Å². The molecule has 1 saturated carbocycles. The van der Waals surface area contributed by atoms with Crippen molar-refractivity contribution in [3.63, 3.8) is 0 Å². The summed E-state index contributed by atoms with van der Waals surface area (Å²) in [4.78, 5) is 1.29. The predicted molar refractivity (Wildman–Crippen MR) is 70.1 cm³/mol. The maximum Gasteiger partial charge on any atom is 0.122 e. The quantitative estimate of drug-likeness (QED) is 0.477. The van der Waals surface area contributed by atoms with E-state index in [1.54, 1.807) is 0 Å². The van der Waals surface area contributed by atoms with Gasteiger partial charge in [0.05, 0.1) is 0 Å². The Morgan fingerprint density at radius 1 is 1.25 bits per heavy atom. The first-order chi connectivity index (χ1) is 7.75. The minimum absolute atomic E-state index is 0.146. The van der Waals surface area contributed by atoms with E-state index in [1.165, 1.54) is 36.3 Å². The second-order valence-electron chi connectivity index (χ2n) is 4.40. The summed E-state index contributed by atoms with van der Waals surface area (Å²) in [6.07, 6.45) is 5.63. The highest BCUT2D eigenvalue weighted by molar-refractivity contribution is 7.99. The van der Waals surface area contributed by atoms with Gasteiger partial charge in [-0.1, -0.05) is 25.0 Å². The smallest absolute Gasteiger partial charge is 0.122 e. The van der Waals surface area contributed by atoms with Gasteiger partial charge in [-0.25, -0.2) is 0 Å². The number of nitrogen functional groups attached to an aromatic ring is 1. The SMILES string of the molecule is N=C(N)c1ccc(SCC2CCCC2)cc1. The van der Waals surface area contributed by atoms with Crippen molar-refractivity contribution < 1.29 is 0 Å². The number of hydrogen-bond acceptors (Lipinski definition) is 2. The number of benzene rings is 1. The van der Waals surface area contributed by atoms with E-state index in [2.05, 4.69) is 12.1 Å². The van der Waals surface area contributed by atoms with Crippen LogP contribution in [-0.2, 0) is 0 Å². The van der Waals surface area contributed by atoms with Crippen molar-refractivity contribution in [3.05, 3.63) is 29.8 Å². The van der Waals surface area contributed by atoms with Gasteiger partial charge in [-0.15, -0.1) is 11.8 Å². The zero-order valence-corrected chi connectivity index (χ0v) is 10.2. The third kappa shape index (κ3) is 3.01. The van der Waals surface area contributed by atoms with E-state index in [1.807, 2.05) is 23.9 Å². The van der Waals surface area contributed by atoms with Crippen molar-refractivity contribution in [2.24, 2.45) is 11.7 Å². The Labute approximate surface area is 101 Å². The summed E-state index contributed by atoms with van der Waals surface area (Å²) in [5, 5.41) is 7.31. The maximum atomic E-state index is 7.31. The molecule has 1 fully saturated rings. The summed E-state index contributed by atoms with van der Waals surface area (Å²) >= 11 is 1.93. The Balaban J connectivity index is 1.87. The summed E-state index contributed by atoms with van der Waals surface area (Å²) in [6, 6.07) is 7.99. The summed E-state index contributed by atoms with van der Waals surface area (Å²) in [5.41, 5.74) is 6.22. The molecule has 3 heteroatoms. The standard InChI is InChI=1S/C13H18N2S/c14-13(15)11-5-7-12(8-6-11)16-9-10-3-1-2-4-10/h5-8,10H,1-4,9H2,(H3,14,15). The number of hydrogen-bond donors (Lipinski definition) is 2. The molecule has 16 heavy (non-hydrogen) atoms. The molecule has 0 radical (unpaired) electrons. The lowest BCUT2D eigenvalue weighted by Gasteiger charge is -2.08. The van der Waals surface area contributed by atoms with Crippen LogP contribution in [0.4, 0.5) is 0 Å². The molecule has 1 aliphatic rings. The summed E-state index contributed by atoms with van der Waals surface area (Å²) < 4.78 is 0. The lowest BCUT2D eigenvalue weighted by Crippen LogP contribution is -2.10. The summed E-state index contributed by atoms with van der Waals surface area (Å²) in [5.74, 6) is 2.30. The molecule has 1 aromatic rings. The average Bonchev–Trinajstić information content (AvgIpc) is 2.80. The molecule has 0 unspecified atom stereocenters. The van der Waals surface area contributed by atoms with Gasteiger partial charge in [0.25, 0.3) is 0 Å². The van der Waals surface area contributed by atoms with Crippen molar-refractivity contribution in [2.75, 3.05) is 5.75 Å². The van der Waals surface area contributed by atoms with Gasteiger partial charge in [0, 0.05) is 16.2 Å². The molecule has 3 N–H and O–H groups in total. The third-order valence-electron chi connectivity index (χ3n) is 3.13. The molecule has 0 heterocycles. The van der Waals surface area contributed by atoms with Gasteiger partial charge in [0.2, 0.25) is 0 Å². The first kappa shape index (κ1) is 11.5. The van der Waals surface area contributed by atoms with Crippen molar-refractivity contribution in [1.29, 1.82) is 5.41 Å². The second-order valence-corrected chi connectivity index (χ2v) is 5.49. The highest BCUT2D eigenvalue weighted by Gasteiger charge is 2.14. The fraction of sp³-hybridized carbons (Fsp3) is 0.462. The fourth-order valence-electron chi connectivity index (χ4n) is 2.12. The molecule has 0 aromatic heterocycles. The largest absolute Gasteiger partial charge is 0.384 e. The van der Waals surface area contributed by atoms with Gasteiger partial charge in [-0.2, -0.15) is 0 Å². The van der Waals surface area contributed by atoms with Gasteiger partial charge in [-0.05, 0) is 30.9 Å². The van der Waals surface area contributed by atoms with Gasteiger partial charge in [-0.3, -0.25) is 5.41 Å². The number of thioether (sulfide) groups is 1. The molecule has 0 bridgehead atoms. The van der Waals surface area contributed by atoms with E-state index in [-0.39, 0.29) is 5.84 Å². The van der Waals surface area contributed by atoms with E-state index in [0.29, 0.717) is 0 Å². The number of nitrogens with one attached hydrogen (secondary N) is 1. The van der Waals surface area contributed by atoms with Crippen LogP contribution in [0.15, 0.2) is 29.2 Å². The first-order valence-corrected chi connectivity index (χ1v) is 6.81. The van der Waals surface area contributed by atoms with Crippen LogP contribution in [0, 0.1) is 11.3 Å². The molecule has 0 spiro atoms. The fourth-order valence-corrected chi connectivity index (χ4v) is 3.21. The van der Waals surface area contributed by atoms with E-state index >= 15 is 0 Å². The third-order valence-corrected chi connectivity index (χ3v) is 4.37. The Morgan fingerprint density at radius 3 is 2.44 bits per heavy atom. The molecule has 1 aliphatic carbocycles. The summed E-state index contributed by atoms with van der Waals surface area (Å²) in [6.45, 7) is 0. The molecule has 0 atom stereocenters. The summed E-state index contributed by atoms with van der Waals surface area (Å²) in [7, 11) is 0. The molecule has 2 nitrogen and oxygen atoms in total. The number of rotatable bonds is 4. The zero-order valence-electron chi connectivity index (χ0n) is 9.41. The second kappa shape index (κ2) is 5.39. The molecular weight excluding hydrogens is 216 g/mol. The van der Waals surface area contributed by atoms with Crippen LogP contribution in [0.1, 0.15) is 31.2 Å². The predicted octanol–water partition coefficient (Wildman–Crippen LogP) is 3.25. The maximum absolute atomic E-state index is 7.31. The highest BCUT2D eigenvalue weighted by Crippen LogP contribution is 2.30. The van der Waals surface area contributed by atoms with Crippen LogP contribution in [0.5, 0.6) is 0 Å². The van der Waals surface area contributed by atoms with Crippen LogP contribution in [0.3, 0.4) is 0 Å². The van der Waals surface area contributed by atoms with Crippen molar-refractivity contribution in [3.8, 4) is 0 Å². The van der Waals surface area contributed by atoms with Crippen LogP contribution < -0.4 is 5.73 Å². The normalized spacial score (nSPS) is 16.5. The highest BCUT2D eigenvalue weighted by atomic mass is 32.2. The van der Waals surface area contributed by atoms with Crippen LogP contribution in [0.2, 0.25) is 0 Å². The van der Waals surface area contributed by atoms with Crippen molar-refractivity contribution in [2.45, 2.75) is 30.6 Å². The topological polar surface area (TPSA) is 49.9 Å². The number of amidine groups is 1. The molecular formula is C13H18N2S. The van der Waals surface area contributed by atoms with Gasteiger partial charge >= 0.3 is 0 Å². The molecule has 0 aliphatic heterocycles. The molecule has 86 valence electrons. The van der Waals surface area contributed by atoms with E-state index in [9.17, 15) is 0 Å². The zero-order chi connectivity index (χ0) is 11.4.